The van der Waals surface area contributed by atoms with Gasteiger partial charge >= 0.3 is 0 Å². The van der Waals surface area contributed by atoms with Crippen molar-refractivity contribution in [2.24, 2.45) is 0 Å². The zero-order chi connectivity index (χ0) is 14.7. The minimum absolute atomic E-state index is 0.419. The van der Waals surface area contributed by atoms with Gasteiger partial charge in [-0.2, -0.15) is 0 Å². The van der Waals surface area contributed by atoms with E-state index in [9.17, 15) is 5.11 Å². The average molecular weight is 287 g/mol. The van der Waals surface area contributed by atoms with Crippen LogP contribution in [-0.4, -0.2) is 39.8 Å². The minimum atomic E-state index is -0.419. The Morgan fingerprint density at radius 1 is 1.38 bits per heavy atom. The highest BCUT2D eigenvalue weighted by Gasteiger charge is 2.24. The van der Waals surface area contributed by atoms with E-state index in [1.807, 2.05) is 30.6 Å². The van der Waals surface area contributed by atoms with Gasteiger partial charge in [0.05, 0.1) is 19.3 Å². The third-order valence-electron chi connectivity index (χ3n) is 3.94. The number of aromatic nitrogens is 2. The largest absolute Gasteiger partial charge is 0.387 e. The summed E-state index contributed by atoms with van der Waals surface area (Å²) in [6.07, 6.45) is 3.37. The number of hydrogen-bond acceptors (Lipinski definition) is 4. The van der Waals surface area contributed by atoms with Crippen LogP contribution in [0.5, 0.6) is 0 Å². The van der Waals surface area contributed by atoms with E-state index < -0.39 is 6.10 Å². The second-order valence-corrected chi connectivity index (χ2v) is 5.41. The second kappa shape index (κ2) is 6.39. The molecule has 1 aliphatic rings. The first kappa shape index (κ1) is 14.3. The van der Waals surface area contributed by atoms with Crippen LogP contribution >= 0.6 is 0 Å². The van der Waals surface area contributed by atoms with Gasteiger partial charge in [0.2, 0.25) is 0 Å². The van der Waals surface area contributed by atoms with Crippen LogP contribution in [0, 0.1) is 0 Å². The summed E-state index contributed by atoms with van der Waals surface area (Å²) < 4.78 is 7.23. The van der Waals surface area contributed by atoms with E-state index in [1.54, 1.807) is 7.11 Å². The zero-order valence-electron chi connectivity index (χ0n) is 12.3. The minimum Gasteiger partial charge on any atom is -0.387 e. The van der Waals surface area contributed by atoms with E-state index >= 15 is 0 Å². The second-order valence-electron chi connectivity index (χ2n) is 5.41. The van der Waals surface area contributed by atoms with Gasteiger partial charge in [-0.1, -0.05) is 24.3 Å². The first-order chi connectivity index (χ1) is 10.3. The summed E-state index contributed by atoms with van der Waals surface area (Å²) in [4.78, 5) is 6.66. The lowest BCUT2D eigenvalue weighted by Crippen LogP contribution is -2.34. The molecule has 2 aromatic rings. The molecule has 0 amide bonds. The fourth-order valence-corrected chi connectivity index (χ4v) is 2.86. The zero-order valence-corrected chi connectivity index (χ0v) is 12.3. The molecule has 21 heavy (non-hydrogen) atoms. The molecule has 1 atom stereocenters. The van der Waals surface area contributed by atoms with Crippen molar-refractivity contribution in [1.82, 2.24) is 14.5 Å². The van der Waals surface area contributed by atoms with Crippen LogP contribution < -0.4 is 0 Å². The Hall–Kier alpha value is -1.69. The Morgan fingerprint density at radius 2 is 2.24 bits per heavy atom. The van der Waals surface area contributed by atoms with Gasteiger partial charge in [0.25, 0.3) is 0 Å². The summed E-state index contributed by atoms with van der Waals surface area (Å²) in [5.41, 5.74) is 2.25. The lowest BCUT2D eigenvalue weighted by atomic mass is 9.97. The topological polar surface area (TPSA) is 50.5 Å². The Kier molecular flexibility index (Phi) is 4.34. The lowest BCUT2D eigenvalue weighted by Gasteiger charge is -2.31. The maximum absolute atomic E-state index is 10.3. The highest BCUT2D eigenvalue weighted by Crippen LogP contribution is 2.26. The molecule has 0 saturated carbocycles. The number of rotatable bonds is 5. The van der Waals surface area contributed by atoms with Gasteiger partial charge in [0.1, 0.15) is 5.82 Å². The number of imidazole rings is 1. The van der Waals surface area contributed by atoms with Crippen LogP contribution in [0.4, 0.5) is 0 Å². The molecule has 112 valence electrons. The number of benzene rings is 1. The molecular formula is C16H21N3O2. The van der Waals surface area contributed by atoms with Gasteiger partial charge in [0, 0.05) is 39.1 Å². The first-order valence-corrected chi connectivity index (χ1v) is 7.25. The smallest absolute Gasteiger partial charge is 0.122 e. The van der Waals surface area contributed by atoms with Crippen LogP contribution in [0.25, 0.3) is 0 Å². The number of fused-ring (bicyclic) bond motifs is 1. The Labute approximate surface area is 124 Å². The quantitative estimate of drug-likeness (QED) is 0.907. The van der Waals surface area contributed by atoms with Gasteiger partial charge in [-0.15, -0.1) is 0 Å². The summed E-state index contributed by atoms with van der Waals surface area (Å²) in [5, 5.41) is 10.3. The molecule has 1 N–H and O–H groups in total. The third kappa shape index (κ3) is 3.15. The van der Waals surface area contributed by atoms with Crippen LogP contribution in [0.3, 0.4) is 0 Å². The van der Waals surface area contributed by atoms with E-state index in [0.717, 1.165) is 31.0 Å². The van der Waals surface area contributed by atoms with Crippen molar-refractivity contribution in [3.8, 4) is 0 Å². The number of nitrogens with zero attached hydrogens (tertiary/aromatic N) is 3. The van der Waals surface area contributed by atoms with E-state index in [0.29, 0.717) is 13.2 Å². The number of methoxy groups -OCH3 is 1. The highest BCUT2D eigenvalue weighted by molar-refractivity contribution is 5.31. The SMILES string of the molecule is COCCn1ccnc1CN1Cc2ccccc2[C@@H](O)C1. The van der Waals surface area contributed by atoms with E-state index in [4.69, 9.17) is 4.74 Å². The maximum Gasteiger partial charge on any atom is 0.122 e. The molecule has 1 aromatic heterocycles. The molecule has 0 unspecified atom stereocenters. The molecule has 0 radical (unpaired) electrons. The van der Waals surface area contributed by atoms with Crippen molar-refractivity contribution in [2.75, 3.05) is 20.3 Å². The van der Waals surface area contributed by atoms with Crippen molar-refractivity contribution >= 4 is 0 Å². The molecule has 5 heteroatoms. The predicted molar refractivity (Wildman–Crippen MR) is 79.6 cm³/mol. The van der Waals surface area contributed by atoms with Crippen LogP contribution in [0.1, 0.15) is 23.1 Å². The first-order valence-electron chi connectivity index (χ1n) is 7.25. The number of hydrogen-bond donors (Lipinski definition) is 1. The number of β-amino-alcohol motifs (C(OH)–C–C–N with tert-alkyl or cyclic N) is 1. The van der Waals surface area contributed by atoms with Gasteiger partial charge < -0.3 is 14.4 Å². The normalized spacial score (nSPS) is 18.7. The fraction of sp³-hybridized carbons (Fsp3) is 0.438. The molecule has 5 nitrogen and oxygen atoms in total. The van der Waals surface area contributed by atoms with Gasteiger partial charge in [-0.05, 0) is 11.1 Å². The molecule has 0 spiro atoms. The average Bonchev–Trinajstić information content (AvgIpc) is 2.92. The Bertz CT molecular complexity index is 597. The molecule has 0 aliphatic carbocycles. The van der Waals surface area contributed by atoms with Crippen LogP contribution in [0.15, 0.2) is 36.7 Å². The van der Waals surface area contributed by atoms with Gasteiger partial charge in [0.15, 0.2) is 0 Å². The lowest BCUT2D eigenvalue weighted by molar-refractivity contribution is 0.0855. The van der Waals surface area contributed by atoms with Gasteiger partial charge in [-0.3, -0.25) is 4.90 Å². The van der Waals surface area contributed by atoms with E-state index in [-0.39, 0.29) is 0 Å². The van der Waals surface area contributed by atoms with Crippen LogP contribution in [-0.2, 0) is 24.4 Å². The van der Waals surface area contributed by atoms with Crippen molar-refractivity contribution in [2.45, 2.75) is 25.7 Å². The number of ether oxygens (including phenoxy) is 1. The molecule has 2 heterocycles. The fourth-order valence-electron chi connectivity index (χ4n) is 2.86. The van der Waals surface area contributed by atoms with Gasteiger partial charge in [-0.25, -0.2) is 4.98 Å². The predicted octanol–water partition coefficient (Wildman–Crippen LogP) is 1.58. The Morgan fingerprint density at radius 3 is 3.10 bits per heavy atom. The van der Waals surface area contributed by atoms with E-state index in [1.165, 1.54) is 5.56 Å². The summed E-state index contributed by atoms with van der Waals surface area (Å²) in [7, 11) is 1.70. The molecule has 3 rings (SSSR count). The highest BCUT2D eigenvalue weighted by atomic mass is 16.5. The number of aliphatic hydroxyl groups is 1. The monoisotopic (exact) mass is 287 g/mol. The summed E-state index contributed by atoms with van der Waals surface area (Å²) in [6, 6.07) is 8.10. The molecular weight excluding hydrogens is 266 g/mol. The molecule has 0 bridgehead atoms. The van der Waals surface area contributed by atoms with Crippen molar-refractivity contribution in [3.63, 3.8) is 0 Å². The molecule has 1 aliphatic heterocycles. The molecule has 0 fully saturated rings. The van der Waals surface area contributed by atoms with Crippen molar-refractivity contribution in [1.29, 1.82) is 0 Å². The number of aliphatic hydroxyl groups excluding tert-OH is 1. The standard InChI is InChI=1S/C16H21N3O2/c1-21-9-8-19-7-6-17-16(19)12-18-10-13-4-2-3-5-14(13)15(20)11-18/h2-7,15,20H,8-12H2,1H3/t15-/m0/s1. The maximum atomic E-state index is 10.3. The molecule has 1 aromatic carbocycles. The van der Waals surface area contributed by atoms with E-state index in [2.05, 4.69) is 20.5 Å². The summed E-state index contributed by atoms with van der Waals surface area (Å²) in [6.45, 7) is 3.72. The van der Waals surface area contributed by atoms with Crippen molar-refractivity contribution in [3.05, 3.63) is 53.6 Å². The Balaban J connectivity index is 1.71. The van der Waals surface area contributed by atoms with Crippen LogP contribution in [0.2, 0.25) is 0 Å². The summed E-state index contributed by atoms with van der Waals surface area (Å²) in [5.74, 6) is 1.01. The van der Waals surface area contributed by atoms with Crippen molar-refractivity contribution < 1.29 is 9.84 Å². The third-order valence-corrected chi connectivity index (χ3v) is 3.94. The molecule has 0 saturated heterocycles. The summed E-state index contributed by atoms with van der Waals surface area (Å²) >= 11 is 0.